The van der Waals surface area contributed by atoms with Crippen molar-refractivity contribution in [2.75, 3.05) is 13.2 Å². The van der Waals surface area contributed by atoms with Gasteiger partial charge in [-0.15, -0.1) is 0 Å². The predicted octanol–water partition coefficient (Wildman–Crippen LogP) is 2.81. The van der Waals surface area contributed by atoms with Crippen LogP contribution in [0.25, 0.3) is 5.69 Å². The Morgan fingerprint density at radius 1 is 1.24 bits per heavy atom. The summed E-state index contributed by atoms with van der Waals surface area (Å²) in [4.78, 5) is 15.0. The maximum absolute atomic E-state index is 13.0. The largest absolute Gasteiger partial charge is 0.374 e. The van der Waals surface area contributed by atoms with E-state index >= 15 is 0 Å². The van der Waals surface area contributed by atoms with Crippen LogP contribution in [0.3, 0.4) is 0 Å². The quantitative estimate of drug-likeness (QED) is 0.864. The first kappa shape index (κ1) is 16.3. The number of fused-ring (bicyclic) bond motifs is 1. The van der Waals surface area contributed by atoms with Gasteiger partial charge in [-0.1, -0.05) is 18.2 Å². The zero-order valence-electron chi connectivity index (χ0n) is 14.9. The maximum Gasteiger partial charge on any atom is 0.227 e. The molecule has 2 aliphatic rings. The maximum atomic E-state index is 13.0. The summed E-state index contributed by atoms with van der Waals surface area (Å²) in [5.74, 6) is 0.207. The molecule has 2 heterocycles. The molecule has 0 bridgehead atoms. The lowest BCUT2D eigenvalue weighted by atomic mass is 10.1. The molecule has 132 valence electrons. The van der Waals surface area contributed by atoms with Crippen LogP contribution in [0.5, 0.6) is 0 Å². The molecule has 0 unspecified atom stereocenters. The number of hydrogen-bond donors (Lipinski definition) is 0. The van der Waals surface area contributed by atoms with E-state index in [2.05, 4.69) is 10.00 Å². The molecule has 1 aromatic carbocycles. The van der Waals surface area contributed by atoms with Crippen LogP contribution >= 0.6 is 0 Å². The summed E-state index contributed by atoms with van der Waals surface area (Å²) in [5.41, 5.74) is 4.07. The Balaban J connectivity index is 1.56. The summed E-state index contributed by atoms with van der Waals surface area (Å²) < 4.78 is 7.77. The molecule has 4 rings (SSSR count). The second-order valence-corrected chi connectivity index (χ2v) is 7.07. The topological polar surface area (TPSA) is 47.4 Å². The minimum absolute atomic E-state index is 0.207. The number of aryl methyl sites for hydroxylation is 1. The van der Waals surface area contributed by atoms with Gasteiger partial charge in [0.15, 0.2) is 0 Å². The molecular weight excluding hydrogens is 314 g/mol. The Labute approximate surface area is 148 Å². The number of aromatic nitrogens is 2. The summed E-state index contributed by atoms with van der Waals surface area (Å²) in [6.07, 6.45) is 3.97. The van der Waals surface area contributed by atoms with Crippen molar-refractivity contribution in [3.05, 3.63) is 47.3 Å². The van der Waals surface area contributed by atoms with Crippen molar-refractivity contribution in [1.29, 1.82) is 0 Å². The lowest BCUT2D eigenvalue weighted by molar-refractivity contribution is -0.143. The minimum Gasteiger partial charge on any atom is -0.374 e. The molecule has 1 aromatic heterocycles. The standard InChI is InChI=1S/C20H25N3O2/c1-14-17(15(2)23(21-14)16-7-4-3-5-8-16)13-20(24)22-11-12-25-19-10-6-9-18(19)22/h3-5,7-8,18-19H,6,9-13H2,1-2H3/t18-,19-/m0/s1. The predicted molar refractivity (Wildman–Crippen MR) is 95.8 cm³/mol. The van der Waals surface area contributed by atoms with E-state index in [1.807, 2.05) is 48.9 Å². The van der Waals surface area contributed by atoms with Crippen LogP contribution in [0.2, 0.25) is 0 Å². The van der Waals surface area contributed by atoms with Gasteiger partial charge in [0.2, 0.25) is 5.91 Å². The van der Waals surface area contributed by atoms with Crippen LogP contribution in [-0.4, -0.2) is 45.9 Å². The summed E-state index contributed by atoms with van der Waals surface area (Å²) in [6, 6.07) is 10.4. The Hall–Kier alpha value is -2.14. The molecule has 0 N–H and O–H groups in total. The van der Waals surface area contributed by atoms with Gasteiger partial charge in [0, 0.05) is 17.8 Å². The van der Waals surface area contributed by atoms with E-state index in [1.54, 1.807) is 0 Å². The van der Waals surface area contributed by atoms with Crippen molar-refractivity contribution in [2.24, 2.45) is 0 Å². The number of carbonyl (C=O) groups is 1. The molecule has 1 aliphatic carbocycles. The van der Waals surface area contributed by atoms with Crippen LogP contribution in [0.4, 0.5) is 0 Å². The van der Waals surface area contributed by atoms with Crippen molar-refractivity contribution in [3.63, 3.8) is 0 Å². The number of hydrogen-bond acceptors (Lipinski definition) is 3. The fourth-order valence-electron chi connectivity index (χ4n) is 4.24. The van der Waals surface area contributed by atoms with Crippen molar-refractivity contribution in [2.45, 2.75) is 51.7 Å². The first-order valence-corrected chi connectivity index (χ1v) is 9.16. The summed E-state index contributed by atoms with van der Waals surface area (Å²) in [6.45, 7) is 5.42. The average molecular weight is 339 g/mol. The second kappa shape index (κ2) is 6.64. The first-order valence-electron chi connectivity index (χ1n) is 9.16. The summed E-state index contributed by atoms with van der Waals surface area (Å²) in [5, 5.41) is 4.67. The van der Waals surface area contributed by atoms with E-state index in [0.29, 0.717) is 19.6 Å². The third-order valence-corrected chi connectivity index (χ3v) is 5.57. The Morgan fingerprint density at radius 2 is 2.04 bits per heavy atom. The molecule has 1 amide bonds. The van der Waals surface area contributed by atoms with E-state index in [9.17, 15) is 4.79 Å². The minimum atomic E-state index is 0.207. The number of amides is 1. The van der Waals surface area contributed by atoms with Gasteiger partial charge >= 0.3 is 0 Å². The lowest BCUT2D eigenvalue weighted by Gasteiger charge is -2.37. The van der Waals surface area contributed by atoms with Gasteiger partial charge in [-0.05, 0) is 45.2 Å². The van der Waals surface area contributed by atoms with E-state index in [1.165, 1.54) is 0 Å². The summed E-state index contributed by atoms with van der Waals surface area (Å²) >= 11 is 0. The zero-order valence-corrected chi connectivity index (χ0v) is 14.9. The Morgan fingerprint density at radius 3 is 2.84 bits per heavy atom. The molecule has 0 spiro atoms. The fraction of sp³-hybridized carbons (Fsp3) is 0.500. The van der Waals surface area contributed by atoms with Crippen molar-refractivity contribution in [3.8, 4) is 5.69 Å². The Kier molecular flexibility index (Phi) is 4.34. The molecule has 0 radical (unpaired) electrons. The Bertz CT molecular complexity index is 769. The molecule has 1 saturated heterocycles. The van der Waals surface area contributed by atoms with Gasteiger partial charge in [0.05, 0.1) is 36.6 Å². The number of morpholine rings is 1. The number of rotatable bonds is 3. The zero-order chi connectivity index (χ0) is 17.4. The fourth-order valence-corrected chi connectivity index (χ4v) is 4.24. The normalized spacial score (nSPS) is 22.9. The SMILES string of the molecule is Cc1nn(-c2ccccc2)c(C)c1CC(=O)N1CCO[C@H]2CCC[C@@H]21. The van der Waals surface area contributed by atoms with Crippen molar-refractivity contribution < 1.29 is 9.53 Å². The van der Waals surface area contributed by atoms with Gasteiger partial charge < -0.3 is 9.64 Å². The van der Waals surface area contributed by atoms with Crippen LogP contribution < -0.4 is 0 Å². The van der Waals surface area contributed by atoms with Crippen molar-refractivity contribution >= 4 is 5.91 Å². The highest BCUT2D eigenvalue weighted by Crippen LogP contribution is 2.30. The second-order valence-electron chi connectivity index (χ2n) is 7.07. The average Bonchev–Trinajstić information content (AvgIpc) is 3.22. The van der Waals surface area contributed by atoms with Crippen molar-refractivity contribution in [1.82, 2.24) is 14.7 Å². The van der Waals surface area contributed by atoms with E-state index in [0.717, 1.165) is 41.9 Å². The highest BCUT2D eigenvalue weighted by atomic mass is 16.5. The molecule has 5 nitrogen and oxygen atoms in total. The molecular formula is C20H25N3O2. The molecule has 1 aliphatic heterocycles. The molecule has 2 aromatic rings. The smallest absolute Gasteiger partial charge is 0.227 e. The van der Waals surface area contributed by atoms with Crippen LogP contribution in [0, 0.1) is 13.8 Å². The molecule has 25 heavy (non-hydrogen) atoms. The van der Waals surface area contributed by atoms with E-state index in [4.69, 9.17) is 4.74 Å². The van der Waals surface area contributed by atoms with Gasteiger partial charge in [-0.3, -0.25) is 4.79 Å². The molecule has 1 saturated carbocycles. The van der Waals surface area contributed by atoms with Crippen LogP contribution in [0.15, 0.2) is 30.3 Å². The van der Waals surface area contributed by atoms with Gasteiger partial charge in [0.25, 0.3) is 0 Å². The van der Waals surface area contributed by atoms with E-state index < -0.39 is 0 Å². The van der Waals surface area contributed by atoms with Gasteiger partial charge in [-0.25, -0.2) is 4.68 Å². The number of carbonyl (C=O) groups excluding carboxylic acids is 1. The highest BCUT2D eigenvalue weighted by Gasteiger charge is 2.38. The molecule has 2 fully saturated rings. The number of para-hydroxylation sites is 1. The van der Waals surface area contributed by atoms with Gasteiger partial charge in [-0.2, -0.15) is 5.10 Å². The number of benzene rings is 1. The third kappa shape index (κ3) is 2.97. The number of ether oxygens (including phenoxy) is 1. The lowest BCUT2D eigenvalue weighted by Crippen LogP contribution is -2.51. The van der Waals surface area contributed by atoms with Crippen LogP contribution in [-0.2, 0) is 16.0 Å². The highest BCUT2D eigenvalue weighted by molar-refractivity contribution is 5.80. The molecule has 5 heteroatoms. The van der Waals surface area contributed by atoms with E-state index in [-0.39, 0.29) is 18.1 Å². The summed E-state index contributed by atoms with van der Waals surface area (Å²) in [7, 11) is 0. The first-order chi connectivity index (χ1) is 12.1. The third-order valence-electron chi connectivity index (χ3n) is 5.57. The van der Waals surface area contributed by atoms with Crippen LogP contribution in [0.1, 0.15) is 36.2 Å². The monoisotopic (exact) mass is 339 g/mol. The molecule has 2 atom stereocenters. The van der Waals surface area contributed by atoms with Gasteiger partial charge in [0.1, 0.15) is 0 Å². The number of nitrogens with zero attached hydrogens (tertiary/aromatic N) is 3.